The van der Waals surface area contributed by atoms with Crippen molar-refractivity contribution in [1.82, 2.24) is 0 Å². The van der Waals surface area contributed by atoms with Crippen molar-refractivity contribution in [3.05, 3.63) is 46.0 Å². The van der Waals surface area contributed by atoms with Gasteiger partial charge in [0.2, 0.25) is 5.91 Å². The number of allylic oxidation sites excluding steroid dienone is 2. The lowest BCUT2D eigenvalue weighted by Gasteiger charge is -2.08. The third-order valence-corrected chi connectivity index (χ3v) is 4.74. The Morgan fingerprint density at radius 1 is 1.36 bits per heavy atom. The Morgan fingerprint density at radius 2 is 2.18 bits per heavy atom. The van der Waals surface area contributed by atoms with E-state index in [1.807, 2.05) is 6.92 Å². The fraction of sp³-hybridized carbons (Fsp3) is 0.471. The molecule has 2 aliphatic carbocycles. The zero-order chi connectivity index (χ0) is 15.7. The Bertz CT molecular complexity index is 639. The van der Waals surface area contributed by atoms with E-state index >= 15 is 0 Å². The molecule has 1 N–H and O–H groups in total. The number of hydrogen-bond donors (Lipinski definition) is 1. The van der Waals surface area contributed by atoms with Gasteiger partial charge in [0.25, 0.3) is 5.69 Å². The molecule has 5 nitrogen and oxygen atoms in total. The number of nitrogens with zero attached hydrogens (tertiary/aromatic N) is 1. The van der Waals surface area contributed by atoms with Gasteiger partial charge in [0, 0.05) is 18.1 Å². The average Bonchev–Trinajstić information content (AvgIpc) is 3.12. The molecular formula is C17H20N2O3. The second kappa shape index (κ2) is 5.91. The molecule has 3 rings (SSSR count). The molecule has 1 fully saturated rings. The summed E-state index contributed by atoms with van der Waals surface area (Å²) in [7, 11) is 0. The van der Waals surface area contributed by atoms with E-state index in [4.69, 9.17) is 0 Å². The number of anilines is 1. The predicted molar refractivity (Wildman–Crippen MR) is 84.5 cm³/mol. The maximum absolute atomic E-state index is 12.5. The molecule has 0 bridgehead atoms. The number of amides is 1. The quantitative estimate of drug-likeness (QED) is 0.524. The minimum absolute atomic E-state index is 0.00242. The number of nitrogens with one attached hydrogen (secondary N) is 1. The summed E-state index contributed by atoms with van der Waals surface area (Å²) in [6.45, 7) is 1.84. The van der Waals surface area contributed by atoms with E-state index < -0.39 is 4.92 Å². The monoisotopic (exact) mass is 300 g/mol. The molecule has 1 aromatic carbocycles. The fourth-order valence-corrected chi connectivity index (χ4v) is 3.37. The number of fused-ring (bicyclic) bond motifs is 1. The summed E-state index contributed by atoms with van der Waals surface area (Å²) < 4.78 is 0. The first kappa shape index (κ1) is 14.8. The van der Waals surface area contributed by atoms with Crippen LogP contribution >= 0.6 is 0 Å². The number of rotatable bonds is 3. The molecule has 3 unspecified atom stereocenters. The van der Waals surface area contributed by atoms with Crippen LogP contribution in [0.2, 0.25) is 0 Å². The lowest BCUT2D eigenvalue weighted by atomic mass is 10.1. The van der Waals surface area contributed by atoms with Crippen LogP contribution in [0.25, 0.3) is 0 Å². The molecule has 116 valence electrons. The van der Waals surface area contributed by atoms with E-state index in [0.717, 1.165) is 18.4 Å². The summed E-state index contributed by atoms with van der Waals surface area (Å²) in [6.07, 6.45) is 8.92. The Balaban J connectivity index is 1.72. The summed E-state index contributed by atoms with van der Waals surface area (Å²) in [5.41, 5.74) is 1.39. The van der Waals surface area contributed by atoms with Crippen LogP contribution in [0, 0.1) is 34.8 Å². The zero-order valence-corrected chi connectivity index (χ0v) is 12.6. The summed E-state index contributed by atoms with van der Waals surface area (Å²) in [5, 5.41) is 13.7. The topological polar surface area (TPSA) is 72.2 Å². The normalized spacial score (nSPS) is 28.0. The van der Waals surface area contributed by atoms with E-state index in [0.29, 0.717) is 17.5 Å². The molecule has 0 heterocycles. The average molecular weight is 300 g/mol. The van der Waals surface area contributed by atoms with Crippen LogP contribution in [0.4, 0.5) is 11.4 Å². The van der Waals surface area contributed by atoms with Crippen LogP contribution in [0.5, 0.6) is 0 Å². The van der Waals surface area contributed by atoms with Crippen LogP contribution in [-0.4, -0.2) is 10.8 Å². The van der Waals surface area contributed by atoms with Crippen LogP contribution < -0.4 is 5.32 Å². The Morgan fingerprint density at radius 3 is 2.95 bits per heavy atom. The molecule has 0 saturated heterocycles. The SMILES string of the molecule is Cc1ccc([N+](=O)[O-])cc1NC(=O)C1C2/C=C\CCCCC21. The molecule has 0 spiro atoms. The van der Waals surface area contributed by atoms with Gasteiger partial charge in [-0.1, -0.05) is 24.6 Å². The van der Waals surface area contributed by atoms with Crippen LogP contribution in [0.15, 0.2) is 30.4 Å². The van der Waals surface area contributed by atoms with Crippen molar-refractivity contribution >= 4 is 17.3 Å². The van der Waals surface area contributed by atoms with E-state index in [2.05, 4.69) is 17.5 Å². The maximum Gasteiger partial charge on any atom is 0.271 e. The highest BCUT2D eigenvalue weighted by molar-refractivity contribution is 5.96. The Kier molecular flexibility index (Phi) is 3.96. The number of nitro groups is 1. The molecule has 0 aromatic heterocycles. The Hall–Kier alpha value is -2.17. The summed E-state index contributed by atoms with van der Waals surface area (Å²) in [6, 6.07) is 4.57. The van der Waals surface area contributed by atoms with Gasteiger partial charge in [0.1, 0.15) is 0 Å². The molecule has 1 saturated carbocycles. The first-order valence-corrected chi connectivity index (χ1v) is 7.80. The van der Waals surface area contributed by atoms with Crippen LogP contribution in [-0.2, 0) is 4.79 Å². The van der Waals surface area contributed by atoms with Gasteiger partial charge in [-0.25, -0.2) is 0 Å². The molecule has 0 radical (unpaired) electrons. The van der Waals surface area contributed by atoms with Gasteiger partial charge in [-0.05, 0) is 43.6 Å². The van der Waals surface area contributed by atoms with Gasteiger partial charge in [-0.3, -0.25) is 14.9 Å². The number of nitro benzene ring substituents is 1. The molecule has 22 heavy (non-hydrogen) atoms. The van der Waals surface area contributed by atoms with Gasteiger partial charge < -0.3 is 5.32 Å². The summed E-state index contributed by atoms with van der Waals surface area (Å²) in [5.74, 6) is 0.799. The second-order valence-corrected chi connectivity index (χ2v) is 6.23. The van der Waals surface area contributed by atoms with Gasteiger partial charge in [0.15, 0.2) is 0 Å². The van der Waals surface area contributed by atoms with Crippen molar-refractivity contribution in [2.24, 2.45) is 17.8 Å². The highest BCUT2D eigenvalue weighted by atomic mass is 16.6. The third-order valence-electron chi connectivity index (χ3n) is 4.74. The fourth-order valence-electron chi connectivity index (χ4n) is 3.37. The van der Waals surface area contributed by atoms with Crippen molar-refractivity contribution in [1.29, 1.82) is 0 Å². The molecule has 2 aliphatic rings. The lowest BCUT2D eigenvalue weighted by molar-refractivity contribution is -0.384. The molecule has 0 aliphatic heterocycles. The van der Waals surface area contributed by atoms with Crippen molar-refractivity contribution in [3.63, 3.8) is 0 Å². The van der Waals surface area contributed by atoms with Crippen LogP contribution in [0.1, 0.15) is 31.2 Å². The number of carbonyl (C=O) groups excluding carboxylic acids is 1. The van der Waals surface area contributed by atoms with Crippen LogP contribution in [0.3, 0.4) is 0 Å². The zero-order valence-electron chi connectivity index (χ0n) is 12.6. The number of hydrogen-bond acceptors (Lipinski definition) is 3. The van der Waals surface area contributed by atoms with Crippen molar-refractivity contribution in [3.8, 4) is 0 Å². The van der Waals surface area contributed by atoms with Crippen molar-refractivity contribution in [2.45, 2.75) is 32.6 Å². The molecule has 1 amide bonds. The van der Waals surface area contributed by atoms with Crippen molar-refractivity contribution in [2.75, 3.05) is 5.32 Å². The number of non-ortho nitro benzene ring substituents is 1. The number of carbonyl (C=O) groups is 1. The molecule has 1 aromatic rings. The minimum Gasteiger partial charge on any atom is -0.325 e. The molecule has 5 heteroatoms. The van der Waals surface area contributed by atoms with E-state index in [1.54, 1.807) is 6.07 Å². The largest absolute Gasteiger partial charge is 0.325 e. The first-order chi connectivity index (χ1) is 10.6. The molecule has 3 atom stereocenters. The minimum atomic E-state index is -0.441. The first-order valence-electron chi connectivity index (χ1n) is 7.80. The Labute approximate surface area is 129 Å². The predicted octanol–water partition coefficient (Wildman–Crippen LogP) is 3.83. The number of aryl methyl sites for hydroxylation is 1. The smallest absolute Gasteiger partial charge is 0.271 e. The lowest BCUT2D eigenvalue weighted by Crippen LogP contribution is -2.16. The van der Waals surface area contributed by atoms with Gasteiger partial charge in [0.05, 0.1) is 10.6 Å². The van der Waals surface area contributed by atoms with E-state index in [9.17, 15) is 14.9 Å². The van der Waals surface area contributed by atoms with Gasteiger partial charge in [-0.2, -0.15) is 0 Å². The van der Waals surface area contributed by atoms with E-state index in [1.165, 1.54) is 25.0 Å². The summed E-state index contributed by atoms with van der Waals surface area (Å²) in [4.78, 5) is 22.9. The standard InChI is InChI=1S/C17H20N2O3/c1-11-8-9-12(19(21)22)10-15(11)18-17(20)16-13-6-4-2-3-5-7-14(13)16/h4,6,8-10,13-14,16H,2-3,5,7H2,1H3,(H,18,20)/b6-4-. The third kappa shape index (κ3) is 2.89. The second-order valence-electron chi connectivity index (χ2n) is 6.23. The van der Waals surface area contributed by atoms with Gasteiger partial charge >= 0.3 is 0 Å². The van der Waals surface area contributed by atoms with E-state index in [-0.39, 0.29) is 17.5 Å². The summed E-state index contributed by atoms with van der Waals surface area (Å²) >= 11 is 0. The highest BCUT2D eigenvalue weighted by Gasteiger charge is 2.52. The number of benzene rings is 1. The maximum atomic E-state index is 12.5. The highest BCUT2D eigenvalue weighted by Crippen LogP contribution is 2.51. The molecular weight excluding hydrogens is 280 g/mol. The van der Waals surface area contributed by atoms with Gasteiger partial charge in [-0.15, -0.1) is 0 Å². The van der Waals surface area contributed by atoms with Crippen molar-refractivity contribution < 1.29 is 9.72 Å².